The first-order valence-corrected chi connectivity index (χ1v) is 7.14. The summed E-state index contributed by atoms with van der Waals surface area (Å²) in [6.07, 6.45) is 0. The van der Waals surface area contributed by atoms with Crippen LogP contribution in [0.5, 0.6) is 5.75 Å². The van der Waals surface area contributed by atoms with Crippen LogP contribution in [0.2, 0.25) is 0 Å². The number of nitrogens with zero attached hydrogens (tertiary/aromatic N) is 1. The van der Waals surface area contributed by atoms with Gasteiger partial charge in [0.1, 0.15) is 11.4 Å². The zero-order chi connectivity index (χ0) is 14.8. The second-order valence-electron chi connectivity index (χ2n) is 4.49. The van der Waals surface area contributed by atoms with Crippen molar-refractivity contribution >= 4 is 21.8 Å². The number of rotatable bonds is 3. The fourth-order valence-corrected chi connectivity index (χ4v) is 2.74. The fraction of sp³-hybridized carbons (Fsp3) is 0.0625. The fourth-order valence-electron chi connectivity index (χ4n) is 2.20. The van der Waals surface area contributed by atoms with Crippen molar-refractivity contribution in [2.75, 3.05) is 12.8 Å². The van der Waals surface area contributed by atoms with Gasteiger partial charge in [0.15, 0.2) is 0 Å². The monoisotopic (exact) mass is 344 g/mol. The molecular weight excluding hydrogens is 332 g/mol. The SMILES string of the molecule is COc1ccc(-c2noc(N)c2-c2ccccc2)cc1Br. The number of halogens is 1. The maximum atomic E-state index is 5.94. The van der Waals surface area contributed by atoms with E-state index in [4.69, 9.17) is 15.0 Å². The molecule has 0 atom stereocenters. The van der Waals surface area contributed by atoms with E-state index in [1.54, 1.807) is 7.11 Å². The molecule has 1 heterocycles. The number of ether oxygens (including phenoxy) is 1. The van der Waals surface area contributed by atoms with Gasteiger partial charge in [0.05, 0.1) is 17.1 Å². The van der Waals surface area contributed by atoms with E-state index in [9.17, 15) is 0 Å². The number of methoxy groups -OCH3 is 1. The molecule has 106 valence electrons. The van der Waals surface area contributed by atoms with Crippen LogP contribution in [0.4, 0.5) is 5.88 Å². The minimum absolute atomic E-state index is 0.308. The Labute approximate surface area is 130 Å². The maximum Gasteiger partial charge on any atom is 0.230 e. The predicted octanol–water partition coefficient (Wildman–Crippen LogP) is 4.36. The van der Waals surface area contributed by atoms with Crippen molar-refractivity contribution < 1.29 is 9.26 Å². The molecule has 2 N–H and O–H groups in total. The molecule has 3 aromatic rings. The summed E-state index contributed by atoms with van der Waals surface area (Å²) in [5.41, 5.74) is 9.32. The minimum atomic E-state index is 0.308. The van der Waals surface area contributed by atoms with Crippen LogP contribution in [0.25, 0.3) is 22.4 Å². The van der Waals surface area contributed by atoms with Crippen LogP contribution < -0.4 is 10.5 Å². The predicted molar refractivity (Wildman–Crippen MR) is 86.0 cm³/mol. The summed E-state index contributed by atoms with van der Waals surface area (Å²) < 4.78 is 11.3. The highest BCUT2D eigenvalue weighted by Crippen LogP contribution is 2.38. The Morgan fingerprint density at radius 1 is 1.10 bits per heavy atom. The zero-order valence-corrected chi connectivity index (χ0v) is 12.9. The molecule has 0 unspecified atom stereocenters. The van der Waals surface area contributed by atoms with E-state index in [2.05, 4.69) is 21.1 Å². The molecule has 0 aliphatic carbocycles. The number of aromatic nitrogens is 1. The van der Waals surface area contributed by atoms with Crippen LogP contribution in [-0.4, -0.2) is 12.3 Å². The van der Waals surface area contributed by atoms with Crippen LogP contribution >= 0.6 is 15.9 Å². The molecule has 2 aromatic carbocycles. The molecule has 0 radical (unpaired) electrons. The van der Waals surface area contributed by atoms with E-state index in [0.29, 0.717) is 11.6 Å². The Kier molecular flexibility index (Phi) is 3.66. The molecule has 0 fully saturated rings. The molecule has 5 heteroatoms. The van der Waals surface area contributed by atoms with E-state index in [1.807, 2.05) is 48.5 Å². The molecule has 0 spiro atoms. The number of benzene rings is 2. The Balaban J connectivity index is 2.14. The average Bonchev–Trinajstić information content (AvgIpc) is 2.90. The van der Waals surface area contributed by atoms with E-state index in [1.165, 1.54) is 0 Å². The molecular formula is C16H13BrN2O2. The molecule has 0 bridgehead atoms. The minimum Gasteiger partial charge on any atom is -0.496 e. The molecule has 4 nitrogen and oxygen atoms in total. The van der Waals surface area contributed by atoms with Gasteiger partial charge >= 0.3 is 0 Å². The molecule has 0 saturated carbocycles. The lowest BCUT2D eigenvalue weighted by atomic mass is 10.0. The van der Waals surface area contributed by atoms with Gasteiger partial charge in [0, 0.05) is 5.56 Å². The van der Waals surface area contributed by atoms with Crippen molar-refractivity contribution in [2.45, 2.75) is 0 Å². The lowest BCUT2D eigenvalue weighted by Crippen LogP contribution is -1.89. The summed E-state index contributed by atoms with van der Waals surface area (Å²) in [6, 6.07) is 15.5. The summed E-state index contributed by atoms with van der Waals surface area (Å²) >= 11 is 3.48. The second kappa shape index (κ2) is 5.61. The van der Waals surface area contributed by atoms with Gasteiger partial charge in [-0.2, -0.15) is 0 Å². The highest BCUT2D eigenvalue weighted by molar-refractivity contribution is 9.10. The zero-order valence-electron chi connectivity index (χ0n) is 11.3. The van der Waals surface area contributed by atoms with Gasteiger partial charge < -0.3 is 15.0 Å². The van der Waals surface area contributed by atoms with E-state index in [-0.39, 0.29) is 0 Å². The topological polar surface area (TPSA) is 61.3 Å². The highest BCUT2D eigenvalue weighted by Gasteiger charge is 2.18. The molecule has 0 amide bonds. The number of hydrogen-bond acceptors (Lipinski definition) is 4. The normalized spacial score (nSPS) is 10.6. The van der Waals surface area contributed by atoms with Gasteiger partial charge in [0.25, 0.3) is 0 Å². The Bertz CT molecular complexity index is 769. The molecule has 3 rings (SSSR count). The number of nitrogen functional groups attached to an aromatic ring is 1. The van der Waals surface area contributed by atoms with Crippen molar-refractivity contribution in [3.63, 3.8) is 0 Å². The van der Waals surface area contributed by atoms with Gasteiger partial charge in [0.2, 0.25) is 5.88 Å². The first-order chi connectivity index (χ1) is 10.2. The number of anilines is 1. The van der Waals surface area contributed by atoms with Gasteiger partial charge in [-0.3, -0.25) is 0 Å². The lowest BCUT2D eigenvalue weighted by molar-refractivity contribution is 0.412. The van der Waals surface area contributed by atoms with Gasteiger partial charge in [-0.05, 0) is 39.7 Å². The average molecular weight is 345 g/mol. The van der Waals surface area contributed by atoms with Crippen molar-refractivity contribution in [1.82, 2.24) is 5.16 Å². The highest BCUT2D eigenvalue weighted by atomic mass is 79.9. The molecule has 0 saturated heterocycles. The van der Waals surface area contributed by atoms with Crippen molar-refractivity contribution in [2.24, 2.45) is 0 Å². The van der Waals surface area contributed by atoms with Crippen LogP contribution in [0.3, 0.4) is 0 Å². The third kappa shape index (κ3) is 2.52. The smallest absolute Gasteiger partial charge is 0.230 e. The largest absolute Gasteiger partial charge is 0.496 e. The van der Waals surface area contributed by atoms with Gasteiger partial charge in [-0.1, -0.05) is 35.5 Å². The standard InChI is InChI=1S/C16H13BrN2O2/c1-20-13-8-7-11(9-12(13)17)15-14(16(18)21-19-15)10-5-3-2-4-6-10/h2-9H,18H2,1H3. The Morgan fingerprint density at radius 2 is 1.86 bits per heavy atom. The summed E-state index contributed by atoms with van der Waals surface area (Å²) in [4.78, 5) is 0. The van der Waals surface area contributed by atoms with Crippen LogP contribution in [0.1, 0.15) is 0 Å². The number of hydrogen-bond donors (Lipinski definition) is 1. The van der Waals surface area contributed by atoms with Crippen molar-refractivity contribution in [3.8, 4) is 28.1 Å². The first kappa shape index (κ1) is 13.7. The third-order valence-corrected chi connectivity index (χ3v) is 3.83. The van der Waals surface area contributed by atoms with Gasteiger partial charge in [-0.15, -0.1) is 0 Å². The van der Waals surface area contributed by atoms with Gasteiger partial charge in [-0.25, -0.2) is 0 Å². The summed E-state index contributed by atoms with van der Waals surface area (Å²) in [5, 5.41) is 4.10. The first-order valence-electron chi connectivity index (χ1n) is 6.35. The summed E-state index contributed by atoms with van der Waals surface area (Å²) in [7, 11) is 1.63. The van der Waals surface area contributed by atoms with Crippen LogP contribution in [0.15, 0.2) is 57.5 Å². The molecule has 0 aliphatic rings. The van der Waals surface area contributed by atoms with Crippen LogP contribution in [0, 0.1) is 0 Å². The van der Waals surface area contributed by atoms with Crippen LogP contribution in [-0.2, 0) is 0 Å². The number of nitrogens with two attached hydrogens (primary N) is 1. The molecule has 0 aliphatic heterocycles. The van der Waals surface area contributed by atoms with Crippen molar-refractivity contribution in [1.29, 1.82) is 0 Å². The molecule has 21 heavy (non-hydrogen) atoms. The van der Waals surface area contributed by atoms with E-state index < -0.39 is 0 Å². The quantitative estimate of drug-likeness (QED) is 0.766. The molecule has 1 aromatic heterocycles. The maximum absolute atomic E-state index is 5.94. The van der Waals surface area contributed by atoms with Crippen molar-refractivity contribution in [3.05, 3.63) is 53.0 Å². The lowest BCUT2D eigenvalue weighted by Gasteiger charge is -2.06. The van der Waals surface area contributed by atoms with E-state index in [0.717, 1.165) is 26.9 Å². The summed E-state index contributed by atoms with van der Waals surface area (Å²) in [6.45, 7) is 0. The van der Waals surface area contributed by atoms with E-state index >= 15 is 0 Å². The Hall–Kier alpha value is -2.27. The second-order valence-corrected chi connectivity index (χ2v) is 5.34. The third-order valence-electron chi connectivity index (χ3n) is 3.21. The Morgan fingerprint density at radius 3 is 2.52 bits per heavy atom. The summed E-state index contributed by atoms with van der Waals surface area (Å²) in [5.74, 6) is 1.07.